The zero-order valence-corrected chi connectivity index (χ0v) is 20.1. The largest absolute Gasteiger partial charge is 0.481 e. The van der Waals surface area contributed by atoms with Gasteiger partial charge in [-0.2, -0.15) is 0 Å². The number of nitrogens with zero attached hydrogens (tertiary/aromatic N) is 1. The van der Waals surface area contributed by atoms with Crippen LogP contribution in [0.2, 0.25) is 0 Å². The molecule has 0 radical (unpaired) electrons. The molecule has 0 aromatic carbocycles. The molecule has 2 N–H and O–H groups in total. The number of aliphatic carboxylic acids is 2. The van der Waals surface area contributed by atoms with Gasteiger partial charge < -0.3 is 19.7 Å². The van der Waals surface area contributed by atoms with Gasteiger partial charge in [0, 0.05) is 0 Å². The van der Waals surface area contributed by atoms with Crippen molar-refractivity contribution in [1.82, 2.24) is 4.90 Å². The van der Waals surface area contributed by atoms with Crippen molar-refractivity contribution < 1.29 is 34.1 Å². The molecule has 31 heavy (non-hydrogen) atoms. The van der Waals surface area contributed by atoms with E-state index in [1.165, 1.54) is 4.90 Å². The van der Waals surface area contributed by atoms with E-state index in [1.807, 2.05) is 20.8 Å². The molecular weight excluding hydrogens is 402 g/mol. The van der Waals surface area contributed by atoms with Crippen molar-refractivity contribution in [2.75, 3.05) is 0 Å². The van der Waals surface area contributed by atoms with Crippen molar-refractivity contribution in [3.63, 3.8) is 0 Å². The topological polar surface area (TPSA) is 113 Å². The van der Waals surface area contributed by atoms with Crippen molar-refractivity contribution in [2.45, 2.75) is 105 Å². The number of hydrogen-bond donors (Lipinski definition) is 2. The average Bonchev–Trinajstić information content (AvgIpc) is 2.77. The Morgan fingerprint density at radius 3 is 2.19 bits per heavy atom. The van der Waals surface area contributed by atoms with Gasteiger partial charge in [0.15, 0.2) is 0 Å². The van der Waals surface area contributed by atoms with E-state index < -0.39 is 52.8 Å². The van der Waals surface area contributed by atoms with E-state index in [-0.39, 0.29) is 12.8 Å². The summed E-state index contributed by atoms with van der Waals surface area (Å²) in [5, 5.41) is 19.0. The van der Waals surface area contributed by atoms with Crippen LogP contribution in [0.3, 0.4) is 0 Å². The van der Waals surface area contributed by atoms with Crippen LogP contribution in [0.15, 0.2) is 12.2 Å². The zero-order valence-electron chi connectivity index (χ0n) is 20.1. The van der Waals surface area contributed by atoms with Crippen LogP contribution < -0.4 is 0 Å². The maximum atomic E-state index is 13.1. The lowest BCUT2D eigenvalue weighted by molar-refractivity contribution is -0.144. The molecule has 1 heterocycles. The third-order valence-corrected chi connectivity index (χ3v) is 5.28. The van der Waals surface area contributed by atoms with Crippen LogP contribution in [0.1, 0.15) is 81.1 Å². The number of hydrogen-bond acceptors (Lipinski definition) is 5. The van der Waals surface area contributed by atoms with Gasteiger partial charge in [-0.25, -0.2) is 4.79 Å². The highest BCUT2D eigenvalue weighted by molar-refractivity contribution is 5.71. The lowest BCUT2D eigenvalue weighted by Gasteiger charge is -2.38. The molecule has 1 amide bonds. The van der Waals surface area contributed by atoms with Crippen LogP contribution in [0, 0.1) is 11.3 Å². The second kappa shape index (κ2) is 10.0. The lowest BCUT2D eigenvalue weighted by Crippen LogP contribution is -2.51. The molecule has 1 rings (SSSR count). The predicted molar refractivity (Wildman–Crippen MR) is 117 cm³/mol. The molecule has 0 spiro atoms. The van der Waals surface area contributed by atoms with Crippen LogP contribution in [0.4, 0.5) is 4.79 Å². The Morgan fingerprint density at radius 1 is 1.16 bits per heavy atom. The van der Waals surface area contributed by atoms with Crippen molar-refractivity contribution in [3.05, 3.63) is 12.2 Å². The molecule has 0 unspecified atom stereocenters. The molecular formula is C23H39NO7. The van der Waals surface area contributed by atoms with Gasteiger partial charge in [0.25, 0.3) is 0 Å². The number of rotatable bonds is 9. The maximum absolute atomic E-state index is 13.1. The van der Waals surface area contributed by atoms with Crippen LogP contribution in [-0.4, -0.2) is 56.6 Å². The van der Waals surface area contributed by atoms with E-state index in [2.05, 4.69) is 0 Å². The number of carboxylic acids is 2. The lowest BCUT2D eigenvalue weighted by atomic mass is 9.79. The number of ether oxygens (including phenoxy) is 2. The van der Waals surface area contributed by atoms with Gasteiger partial charge in [0.2, 0.25) is 0 Å². The summed E-state index contributed by atoms with van der Waals surface area (Å²) in [5.74, 6) is -2.54. The Labute approximate surface area is 185 Å². The van der Waals surface area contributed by atoms with Crippen molar-refractivity contribution >= 4 is 18.0 Å². The highest BCUT2D eigenvalue weighted by atomic mass is 16.6. The van der Waals surface area contributed by atoms with Crippen LogP contribution >= 0.6 is 0 Å². The van der Waals surface area contributed by atoms with Gasteiger partial charge >= 0.3 is 18.0 Å². The average molecular weight is 442 g/mol. The Hall–Kier alpha value is -2.09. The third kappa shape index (κ3) is 8.16. The number of carboxylic acid groups (broad SMARTS) is 2. The summed E-state index contributed by atoms with van der Waals surface area (Å²) >= 11 is 0. The fourth-order valence-electron chi connectivity index (χ4n) is 4.09. The van der Waals surface area contributed by atoms with Crippen LogP contribution in [0.5, 0.6) is 0 Å². The molecule has 8 nitrogen and oxygen atoms in total. The minimum atomic E-state index is -1.03. The summed E-state index contributed by atoms with van der Waals surface area (Å²) < 4.78 is 11.8. The van der Waals surface area contributed by atoms with Crippen LogP contribution in [-0.2, 0) is 19.1 Å². The van der Waals surface area contributed by atoms with Crippen molar-refractivity contribution in [1.29, 1.82) is 0 Å². The van der Waals surface area contributed by atoms with Gasteiger partial charge in [0.1, 0.15) is 11.3 Å². The SMILES string of the molecule is CC=CC[C@H](C[C@@H]1OC(C)(C)N(C(=O)OC(C)(C)C)[C@H]1CC(C)(C)CC(=O)O)C(=O)O. The predicted octanol–water partition coefficient (Wildman–Crippen LogP) is 4.68. The number of allylic oxidation sites excluding steroid dienone is 2. The maximum Gasteiger partial charge on any atom is 0.412 e. The Balaban J connectivity index is 3.31. The molecule has 0 aliphatic carbocycles. The highest BCUT2D eigenvalue weighted by Gasteiger charge is 2.53. The van der Waals surface area contributed by atoms with Gasteiger partial charge in [0.05, 0.1) is 24.5 Å². The molecule has 1 saturated heterocycles. The third-order valence-electron chi connectivity index (χ3n) is 5.28. The fourth-order valence-corrected chi connectivity index (χ4v) is 4.09. The zero-order chi connectivity index (χ0) is 24.2. The standard InChI is InChI=1S/C23H39NO7/c1-9-10-11-15(19(27)28)12-17-16(13-22(5,6)14-18(25)26)24(23(7,8)30-17)20(29)31-21(2,3)4/h9-10,15-17H,11-14H2,1-8H3,(H,25,26)(H,27,28)/t15-,16+,17+/m1/s1. The Bertz CT molecular complexity index is 691. The number of amides is 1. The molecule has 0 aromatic heterocycles. The van der Waals surface area contributed by atoms with Crippen molar-refractivity contribution in [3.8, 4) is 0 Å². The molecule has 1 aliphatic heterocycles. The Kier molecular flexibility index (Phi) is 8.71. The second-order valence-corrected chi connectivity index (χ2v) is 10.5. The molecule has 178 valence electrons. The molecule has 3 atom stereocenters. The fraction of sp³-hybridized carbons (Fsp3) is 0.783. The first kappa shape index (κ1) is 26.9. The molecule has 0 saturated carbocycles. The molecule has 1 fully saturated rings. The van der Waals surface area contributed by atoms with E-state index in [1.54, 1.807) is 46.8 Å². The van der Waals surface area contributed by atoms with E-state index in [0.29, 0.717) is 12.8 Å². The van der Waals surface area contributed by atoms with Gasteiger partial charge in [-0.05, 0) is 66.2 Å². The van der Waals surface area contributed by atoms with Gasteiger partial charge in [-0.15, -0.1) is 0 Å². The molecule has 0 bridgehead atoms. The van der Waals surface area contributed by atoms with E-state index >= 15 is 0 Å². The normalized spacial score (nSPS) is 22.5. The summed E-state index contributed by atoms with van der Waals surface area (Å²) in [6, 6.07) is -0.522. The minimum Gasteiger partial charge on any atom is -0.481 e. The minimum absolute atomic E-state index is 0.0836. The quantitative estimate of drug-likeness (QED) is 0.500. The van der Waals surface area contributed by atoms with E-state index in [0.717, 1.165) is 0 Å². The van der Waals surface area contributed by atoms with Crippen LogP contribution in [0.25, 0.3) is 0 Å². The van der Waals surface area contributed by atoms with Crippen molar-refractivity contribution in [2.24, 2.45) is 11.3 Å². The summed E-state index contributed by atoms with van der Waals surface area (Å²) in [6.45, 7) is 14.3. The van der Waals surface area contributed by atoms with Gasteiger partial charge in [-0.1, -0.05) is 26.0 Å². The first-order valence-electron chi connectivity index (χ1n) is 10.7. The van der Waals surface area contributed by atoms with Gasteiger partial charge in [-0.3, -0.25) is 14.5 Å². The first-order valence-corrected chi connectivity index (χ1v) is 10.7. The number of carbonyl (C=O) groups excluding carboxylic acids is 1. The second-order valence-electron chi connectivity index (χ2n) is 10.5. The summed E-state index contributed by atoms with van der Waals surface area (Å²) in [7, 11) is 0. The summed E-state index contributed by atoms with van der Waals surface area (Å²) in [5.41, 5.74) is -2.39. The molecule has 1 aliphatic rings. The molecule has 0 aromatic rings. The smallest absolute Gasteiger partial charge is 0.412 e. The number of carbonyl (C=O) groups is 3. The van der Waals surface area contributed by atoms with E-state index in [9.17, 15) is 24.6 Å². The molecule has 8 heteroatoms. The monoisotopic (exact) mass is 441 g/mol. The summed E-state index contributed by atoms with van der Waals surface area (Å²) in [6.07, 6.45) is 3.28. The highest BCUT2D eigenvalue weighted by Crippen LogP contribution is 2.42. The first-order chi connectivity index (χ1) is 14.0. The summed E-state index contributed by atoms with van der Waals surface area (Å²) in [4.78, 5) is 37.8. The van der Waals surface area contributed by atoms with E-state index in [4.69, 9.17) is 9.47 Å². The Morgan fingerprint density at radius 2 is 1.74 bits per heavy atom.